The highest BCUT2D eigenvalue weighted by Gasteiger charge is 2.28. The van der Waals surface area contributed by atoms with Crippen LogP contribution in [-0.4, -0.2) is 33.2 Å². The summed E-state index contributed by atoms with van der Waals surface area (Å²) in [6.45, 7) is 0. The lowest BCUT2D eigenvalue weighted by atomic mass is 10.1. The molecule has 0 unspecified atom stereocenters. The lowest BCUT2D eigenvalue weighted by molar-refractivity contribution is 0.669. The van der Waals surface area contributed by atoms with E-state index in [1.165, 1.54) is 0 Å². The molecule has 0 aliphatic heterocycles. The SMILES string of the molecule is [2H]c1c([2H])c(-n2c3ccccc3c3ccccc32)c(-c2nc(-n3c4ccccc4c4c([2H])c([2H])c([2H])c([2H])c43)nc(-n3c4ccccc4c4c([2H])c([2H])c([2H])c([2H])c43)n2)c(-n2c3ccccc3c3ccc4oc5ccccc5c4c32)c1[2H]. The van der Waals surface area contributed by atoms with Crippen molar-refractivity contribution in [1.82, 2.24) is 33.2 Å². The minimum atomic E-state index is -0.501. The molecule has 0 atom stereocenters. The van der Waals surface area contributed by atoms with Crippen LogP contribution in [0.3, 0.4) is 0 Å². The number of nitrogens with zero attached hydrogens (tertiary/aromatic N) is 7. The van der Waals surface area contributed by atoms with Crippen molar-refractivity contribution in [2.45, 2.75) is 0 Å². The zero-order valence-electron chi connectivity index (χ0n) is 48.0. The van der Waals surface area contributed by atoms with Gasteiger partial charge in [-0.3, -0.25) is 9.13 Å². The Morgan fingerprint density at radius 2 is 0.761 bits per heavy atom. The first-order valence-corrected chi connectivity index (χ1v) is 23.1. The first-order valence-electron chi connectivity index (χ1n) is 28.6. The number of hydrogen-bond donors (Lipinski definition) is 0. The molecule has 0 spiro atoms. The van der Waals surface area contributed by atoms with E-state index in [9.17, 15) is 9.60 Å². The fourth-order valence-electron chi connectivity index (χ4n) is 11.0. The van der Waals surface area contributed by atoms with Crippen molar-refractivity contribution in [2.75, 3.05) is 0 Å². The number of aromatic nitrogens is 7. The summed E-state index contributed by atoms with van der Waals surface area (Å²) in [7, 11) is 0. The average Bonchev–Trinajstić information content (AvgIpc) is 2.52. The summed E-state index contributed by atoms with van der Waals surface area (Å²) in [6.07, 6.45) is 0. The highest BCUT2D eigenvalue weighted by Crippen LogP contribution is 2.45. The fraction of sp³-hybridized carbons (Fsp3) is 0. The van der Waals surface area contributed by atoms with Gasteiger partial charge in [0.05, 0.1) is 81.5 Å². The molecule has 0 aliphatic rings. The molecule has 16 aromatic rings. The first-order chi connectivity index (χ1) is 39.8. The summed E-state index contributed by atoms with van der Waals surface area (Å²) in [6, 6.07) is 44.6. The predicted molar refractivity (Wildman–Crippen MR) is 290 cm³/mol. The van der Waals surface area contributed by atoms with Gasteiger partial charge in [0.15, 0.2) is 5.82 Å². The quantitative estimate of drug-likeness (QED) is 0.172. The van der Waals surface area contributed by atoms with Crippen molar-refractivity contribution >= 4 is 109 Å². The normalized spacial score (nSPS) is 14.4. The van der Waals surface area contributed by atoms with E-state index in [-0.39, 0.29) is 92.7 Å². The summed E-state index contributed by atoms with van der Waals surface area (Å²) < 4.78 is 118. The molecule has 8 nitrogen and oxygen atoms in total. The van der Waals surface area contributed by atoms with Crippen LogP contribution in [0.5, 0.6) is 0 Å². The summed E-state index contributed by atoms with van der Waals surface area (Å²) in [5.74, 6) is -0.483. The van der Waals surface area contributed by atoms with Crippen LogP contribution in [0.2, 0.25) is 0 Å². The minimum absolute atomic E-state index is 0.0442. The highest BCUT2D eigenvalue weighted by molar-refractivity contribution is 6.25. The second kappa shape index (κ2) is 14.4. The van der Waals surface area contributed by atoms with E-state index < -0.39 is 30.2 Å². The van der Waals surface area contributed by atoms with Gasteiger partial charge in [-0.2, -0.15) is 15.0 Å². The topological polar surface area (TPSA) is 71.5 Å². The lowest BCUT2D eigenvalue weighted by Crippen LogP contribution is -2.12. The number of fused-ring (bicyclic) bond motifs is 16. The number of hydrogen-bond acceptors (Lipinski definition) is 4. The van der Waals surface area contributed by atoms with Crippen LogP contribution in [0.4, 0.5) is 0 Å². The highest BCUT2D eigenvalue weighted by atomic mass is 16.3. The Morgan fingerprint density at radius 3 is 1.32 bits per heavy atom. The molecular weight excluding hydrogens is 871 g/mol. The van der Waals surface area contributed by atoms with Gasteiger partial charge in [-0.15, -0.1) is 0 Å². The van der Waals surface area contributed by atoms with Crippen LogP contribution in [0.25, 0.3) is 144 Å². The molecule has 0 saturated heterocycles. The van der Waals surface area contributed by atoms with Gasteiger partial charge in [0.1, 0.15) is 11.2 Å². The molecule has 0 amide bonds. The van der Waals surface area contributed by atoms with E-state index in [0.717, 1.165) is 32.3 Å². The molecule has 10 aromatic carbocycles. The molecule has 16 rings (SSSR count). The van der Waals surface area contributed by atoms with Crippen LogP contribution in [-0.2, 0) is 0 Å². The third-order valence-corrected chi connectivity index (χ3v) is 13.9. The number of benzene rings is 10. The standard InChI is InChI=1S/C63H37N7O/c1-9-26-47-38(18-1)39-19-2-10-27-48(39)67(47)54-33-17-34-55(68-49-28-11-7-24-44(49)45-36-37-57-58(60(45)68)46-25-8-16-35-56(46)71-57)59(54)61-64-62(69-50-29-12-3-20-40(50)41-21-4-13-30-51(41)69)66-63(65-61)70-52-31-14-5-22-42(52)43-23-6-15-32-53(43)70/h1-37H/i3D,5D,12D,14D,17D,20D,22D,29D,31D,33D,34D. The number of rotatable bonds is 5. The predicted octanol–water partition coefficient (Wildman–Crippen LogP) is 15.8. The van der Waals surface area contributed by atoms with Gasteiger partial charge in [-0.05, 0) is 72.7 Å². The van der Waals surface area contributed by atoms with Crippen LogP contribution < -0.4 is 0 Å². The molecule has 0 bridgehead atoms. The molecule has 0 saturated carbocycles. The van der Waals surface area contributed by atoms with Gasteiger partial charge in [-0.25, -0.2) is 0 Å². The van der Waals surface area contributed by atoms with E-state index in [1.807, 2.05) is 118 Å². The number of furan rings is 1. The van der Waals surface area contributed by atoms with Crippen molar-refractivity contribution in [1.29, 1.82) is 0 Å². The smallest absolute Gasteiger partial charge is 0.240 e. The Morgan fingerprint density at radius 1 is 0.324 bits per heavy atom. The largest absolute Gasteiger partial charge is 0.456 e. The third-order valence-electron chi connectivity index (χ3n) is 13.9. The van der Waals surface area contributed by atoms with Crippen molar-refractivity contribution in [3.8, 4) is 34.7 Å². The molecular formula is C63H37N7O. The second-order valence-electron chi connectivity index (χ2n) is 17.5. The lowest BCUT2D eigenvalue weighted by Gasteiger charge is -2.20. The van der Waals surface area contributed by atoms with Crippen LogP contribution in [0.1, 0.15) is 15.1 Å². The van der Waals surface area contributed by atoms with E-state index >= 15 is 0 Å². The average molecular weight is 919 g/mol. The Labute approximate surface area is 419 Å². The molecule has 330 valence electrons. The van der Waals surface area contributed by atoms with E-state index in [1.54, 1.807) is 57.7 Å². The van der Waals surface area contributed by atoms with Crippen molar-refractivity contribution in [3.63, 3.8) is 0 Å². The van der Waals surface area contributed by atoms with Gasteiger partial charge in [0.25, 0.3) is 0 Å². The summed E-state index contributed by atoms with van der Waals surface area (Å²) in [4.78, 5) is 16.1. The maximum absolute atomic E-state index is 10.4. The first kappa shape index (κ1) is 29.2. The van der Waals surface area contributed by atoms with Gasteiger partial charge in [0.2, 0.25) is 11.9 Å². The third kappa shape index (κ3) is 5.25. The molecule has 0 fully saturated rings. The van der Waals surface area contributed by atoms with E-state index in [4.69, 9.17) is 24.9 Å². The zero-order valence-corrected chi connectivity index (χ0v) is 37.0. The zero-order chi connectivity index (χ0) is 55.9. The molecule has 8 heteroatoms. The Balaban J connectivity index is 1.18. The molecule has 6 heterocycles. The molecule has 0 aliphatic carbocycles. The van der Waals surface area contributed by atoms with Crippen LogP contribution in [0.15, 0.2) is 229 Å². The van der Waals surface area contributed by atoms with Crippen LogP contribution in [0, 0.1) is 0 Å². The fourth-order valence-corrected chi connectivity index (χ4v) is 11.0. The van der Waals surface area contributed by atoms with Gasteiger partial charge in [0, 0.05) is 48.5 Å². The maximum Gasteiger partial charge on any atom is 0.240 e. The summed E-state index contributed by atoms with van der Waals surface area (Å²) in [5, 5.41) is 6.14. The summed E-state index contributed by atoms with van der Waals surface area (Å²) >= 11 is 0. The summed E-state index contributed by atoms with van der Waals surface area (Å²) in [5.41, 5.74) is 5.02. The van der Waals surface area contributed by atoms with Crippen molar-refractivity contribution in [2.24, 2.45) is 0 Å². The Hall–Kier alpha value is -9.79. The van der Waals surface area contributed by atoms with Gasteiger partial charge < -0.3 is 13.6 Å². The molecule has 0 N–H and O–H groups in total. The molecule has 0 radical (unpaired) electrons. The van der Waals surface area contributed by atoms with Gasteiger partial charge >= 0.3 is 0 Å². The Kier molecular flexibility index (Phi) is 5.90. The maximum atomic E-state index is 10.4. The van der Waals surface area contributed by atoms with E-state index in [0.29, 0.717) is 55.0 Å². The van der Waals surface area contributed by atoms with Gasteiger partial charge in [-0.1, -0.05) is 151 Å². The van der Waals surface area contributed by atoms with Crippen LogP contribution >= 0.6 is 0 Å². The minimum Gasteiger partial charge on any atom is -0.456 e. The molecule has 6 aromatic heterocycles. The van der Waals surface area contributed by atoms with Crippen molar-refractivity contribution in [3.05, 3.63) is 224 Å². The molecule has 71 heavy (non-hydrogen) atoms. The van der Waals surface area contributed by atoms with E-state index in [2.05, 4.69) is 0 Å². The second-order valence-corrected chi connectivity index (χ2v) is 17.5. The Bertz CT molecular complexity index is 5370. The monoisotopic (exact) mass is 918 g/mol. The number of para-hydroxylation sites is 8. The van der Waals surface area contributed by atoms with Crippen molar-refractivity contribution < 1.29 is 19.5 Å².